The maximum atomic E-state index is 10.7. The zero-order valence-corrected chi connectivity index (χ0v) is 9.95. The molecule has 1 rings (SSSR count). The van der Waals surface area contributed by atoms with Gasteiger partial charge in [-0.25, -0.2) is 4.79 Å². The predicted molar refractivity (Wildman–Crippen MR) is 62.1 cm³/mol. The van der Waals surface area contributed by atoms with E-state index in [1.54, 1.807) is 6.20 Å². The molecule has 0 heterocycles. The van der Waals surface area contributed by atoms with Gasteiger partial charge in [0.15, 0.2) is 0 Å². The van der Waals surface area contributed by atoms with Gasteiger partial charge in [-0.15, -0.1) is 0 Å². The minimum Gasteiger partial charge on any atom is -0.466 e. The van der Waals surface area contributed by atoms with Gasteiger partial charge in [-0.05, 0) is 17.7 Å². The molecule has 0 aliphatic heterocycles. The van der Waals surface area contributed by atoms with Gasteiger partial charge < -0.3 is 10.1 Å². The second-order valence-electron chi connectivity index (χ2n) is 2.87. The fraction of sp³-hybridized carbons (Fsp3) is 0.182. The second kappa shape index (κ2) is 6.24. The van der Waals surface area contributed by atoms with Crippen LogP contribution in [-0.4, -0.2) is 13.1 Å². The Balaban J connectivity index is 2.38. The van der Waals surface area contributed by atoms with E-state index in [9.17, 15) is 4.79 Å². The molecule has 4 heteroatoms. The van der Waals surface area contributed by atoms with Crippen molar-refractivity contribution in [2.75, 3.05) is 7.11 Å². The van der Waals surface area contributed by atoms with E-state index in [0.29, 0.717) is 6.54 Å². The van der Waals surface area contributed by atoms with E-state index in [1.165, 1.54) is 13.2 Å². The van der Waals surface area contributed by atoms with Gasteiger partial charge in [0.1, 0.15) is 0 Å². The van der Waals surface area contributed by atoms with Crippen LogP contribution in [0.1, 0.15) is 5.56 Å². The first-order valence-electron chi connectivity index (χ1n) is 4.44. The third kappa shape index (κ3) is 4.65. The highest BCUT2D eigenvalue weighted by molar-refractivity contribution is 9.10. The first-order chi connectivity index (χ1) is 7.22. The van der Waals surface area contributed by atoms with Gasteiger partial charge in [-0.2, -0.15) is 0 Å². The van der Waals surface area contributed by atoms with Crippen LogP contribution in [0.3, 0.4) is 0 Å². The molecule has 0 saturated heterocycles. The van der Waals surface area contributed by atoms with E-state index in [4.69, 9.17) is 0 Å². The highest BCUT2D eigenvalue weighted by Gasteiger charge is 1.92. The SMILES string of the molecule is COC(=O)/C=C/NCc1cccc(Br)c1. The van der Waals surface area contributed by atoms with Crippen LogP contribution in [-0.2, 0) is 16.1 Å². The second-order valence-corrected chi connectivity index (χ2v) is 3.78. The molecule has 0 aromatic heterocycles. The molecule has 0 aliphatic rings. The quantitative estimate of drug-likeness (QED) is 0.673. The Kier molecular flexibility index (Phi) is 4.90. The molecule has 0 saturated carbocycles. The molecule has 0 spiro atoms. The highest BCUT2D eigenvalue weighted by atomic mass is 79.9. The zero-order chi connectivity index (χ0) is 11.1. The molecule has 1 aromatic carbocycles. The van der Waals surface area contributed by atoms with Gasteiger partial charge in [0.25, 0.3) is 0 Å². The number of nitrogens with one attached hydrogen (secondary N) is 1. The number of ether oxygens (including phenoxy) is 1. The lowest BCUT2D eigenvalue weighted by molar-refractivity contribution is -0.134. The summed E-state index contributed by atoms with van der Waals surface area (Å²) in [5, 5.41) is 2.99. The van der Waals surface area contributed by atoms with Crippen molar-refractivity contribution in [3.63, 3.8) is 0 Å². The number of methoxy groups -OCH3 is 1. The summed E-state index contributed by atoms with van der Waals surface area (Å²) in [5.74, 6) is -0.364. The summed E-state index contributed by atoms with van der Waals surface area (Å²) in [6, 6.07) is 7.95. The van der Waals surface area contributed by atoms with Gasteiger partial charge in [-0.1, -0.05) is 28.1 Å². The normalized spacial score (nSPS) is 10.3. The Bertz CT molecular complexity index is 363. The lowest BCUT2D eigenvalue weighted by Gasteiger charge is -2.01. The summed E-state index contributed by atoms with van der Waals surface area (Å²) in [4.78, 5) is 10.7. The molecular weight excluding hydrogens is 258 g/mol. The standard InChI is InChI=1S/C11H12BrNO2/c1-15-11(14)5-6-13-8-9-3-2-4-10(12)7-9/h2-7,13H,8H2,1H3/b6-5+. The molecule has 0 aliphatic carbocycles. The first-order valence-corrected chi connectivity index (χ1v) is 5.24. The largest absolute Gasteiger partial charge is 0.466 e. The number of rotatable bonds is 4. The molecule has 0 fully saturated rings. The van der Waals surface area contributed by atoms with Gasteiger partial charge in [0.2, 0.25) is 0 Å². The van der Waals surface area contributed by atoms with Gasteiger partial charge in [0.05, 0.1) is 7.11 Å². The van der Waals surface area contributed by atoms with Crippen LogP contribution in [0, 0.1) is 0 Å². The average Bonchev–Trinajstić information content (AvgIpc) is 2.24. The van der Waals surface area contributed by atoms with Crippen LogP contribution >= 0.6 is 15.9 Å². The molecule has 0 bridgehead atoms. The van der Waals surface area contributed by atoms with E-state index >= 15 is 0 Å². The summed E-state index contributed by atoms with van der Waals surface area (Å²) in [7, 11) is 1.35. The van der Waals surface area contributed by atoms with Crippen molar-refractivity contribution < 1.29 is 9.53 Å². The van der Waals surface area contributed by atoms with Crippen LogP contribution < -0.4 is 5.32 Å². The maximum absolute atomic E-state index is 10.7. The summed E-state index contributed by atoms with van der Waals surface area (Å²) in [6.45, 7) is 0.674. The van der Waals surface area contributed by atoms with Crippen LogP contribution in [0.25, 0.3) is 0 Å². The summed E-state index contributed by atoms with van der Waals surface area (Å²) in [6.07, 6.45) is 2.92. The minimum absolute atomic E-state index is 0.364. The van der Waals surface area contributed by atoms with Crippen LogP contribution in [0.4, 0.5) is 0 Å². The number of benzene rings is 1. The van der Waals surface area contributed by atoms with E-state index in [1.807, 2.05) is 24.3 Å². The third-order valence-corrected chi connectivity index (χ3v) is 2.23. The third-order valence-electron chi connectivity index (χ3n) is 1.73. The Hall–Kier alpha value is -1.29. The number of halogens is 1. The van der Waals surface area contributed by atoms with Crippen LogP contribution in [0.15, 0.2) is 41.0 Å². The molecule has 0 unspecified atom stereocenters. The minimum atomic E-state index is -0.364. The lowest BCUT2D eigenvalue weighted by atomic mass is 10.2. The molecule has 0 radical (unpaired) electrons. The van der Waals surface area contributed by atoms with Gasteiger partial charge in [-0.3, -0.25) is 0 Å². The smallest absolute Gasteiger partial charge is 0.331 e. The Labute approximate surface area is 97.3 Å². The Morgan fingerprint density at radius 3 is 3.07 bits per heavy atom. The number of esters is 1. The number of hydrogen-bond acceptors (Lipinski definition) is 3. The molecule has 1 N–H and O–H groups in total. The predicted octanol–water partition coefficient (Wildman–Crippen LogP) is 2.23. The van der Waals surface area contributed by atoms with Crippen molar-refractivity contribution in [1.29, 1.82) is 0 Å². The van der Waals surface area contributed by atoms with Crippen molar-refractivity contribution in [2.24, 2.45) is 0 Å². The van der Waals surface area contributed by atoms with Crippen molar-refractivity contribution in [3.05, 3.63) is 46.6 Å². The molecule has 3 nitrogen and oxygen atoms in total. The van der Waals surface area contributed by atoms with E-state index in [-0.39, 0.29) is 5.97 Å². The summed E-state index contributed by atoms with van der Waals surface area (Å²) in [5.41, 5.74) is 1.14. The fourth-order valence-corrected chi connectivity index (χ4v) is 1.47. The molecule has 1 aromatic rings. The van der Waals surface area contributed by atoms with Crippen molar-refractivity contribution in [3.8, 4) is 0 Å². The lowest BCUT2D eigenvalue weighted by Crippen LogP contribution is -2.06. The van der Waals surface area contributed by atoms with Crippen molar-refractivity contribution in [1.82, 2.24) is 5.32 Å². The number of carbonyl (C=O) groups is 1. The number of hydrogen-bond donors (Lipinski definition) is 1. The van der Waals surface area contributed by atoms with E-state index in [0.717, 1.165) is 10.0 Å². The molecule has 0 atom stereocenters. The molecule has 80 valence electrons. The summed E-state index contributed by atoms with van der Waals surface area (Å²) < 4.78 is 5.49. The Morgan fingerprint density at radius 2 is 2.40 bits per heavy atom. The highest BCUT2D eigenvalue weighted by Crippen LogP contribution is 2.11. The maximum Gasteiger partial charge on any atom is 0.331 e. The topological polar surface area (TPSA) is 38.3 Å². The first kappa shape index (κ1) is 11.8. The van der Waals surface area contributed by atoms with Crippen molar-refractivity contribution >= 4 is 21.9 Å². The van der Waals surface area contributed by atoms with Crippen LogP contribution in [0.5, 0.6) is 0 Å². The van der Waals surface area contributed by atoms with E-state index in [2.05, 4.69) is 26.0 Å². The molecule has 15 heavy (non-hydrogen) atoms. The van der Waals surface area contributed by atoms with Gasteiger partial charge >= 0.3 is 5.97 Å². The van der Waals surface area contributed by atoms with Crippen molar-refractivity contribution in [2.45, 2.75) is 6.54 Å². The number of carbonyl (C=O) groups excluding carboxylic acids is 1. The molecular formula is C11H12BrNO2. The Morgan fingerprint density at radius 1 is 1.60 bits per heavy atom. The summed E-state index contributed by atoms with van der Waals surface area (Å²) >= 11 is 3.39. The average molecular weight is 270 g/mol. The van der Waals surface area contributed by atoms with Gasteiger partial charge in [0, 0.05) is 23.3 Å². The monoisotopic (exact) mass is 269 g/mol. The fourth-order valence-electron chi connectivity index (χ4n) is 1.02. The van der Waals surface area contributed by atoms with E-state index < -0.39 is 0 Å². The van der Waals surface area contributed by atoms with Crippen LogP contribution in [0.2, 0.25) is 0 Å². The zero-order valence-electron chi connectivity index (χ0n) is 8.37. The molecule has 0 amide bonds.